The third-order valence-electron chi connectivity index (χ3n) is 5.34. The molecule has 25 heavy (non-hydrogen) atoms. The van der Waals surface area contributed by atoms with Crippen molar-refractivity contribution in [3.05, 3.63) is 17.5 Å². The quantitative estimate of drug-likeness (QED) is 0.879. The maximum atomic E-state index is 12.7. The zero-order valence-electron chi connectivity index (χ0n) is 15.5. The Morgan fingerprint density at radius 2 is 2.04 bits per heavy atom. The lowest BCUT2D eigenvalue weighted by Gasteiger charge is -2.41. The number of likely N-dealkylation sites (tertiary alicyclic amines) is 1. The maximum absolute atomic E-state index is 12.7. The number of aliphatic hydroxyl groups is 1. The van der Waals surface area contributed by atoms with Gasteiger partial charge in [-0.25, -0.2) is 0 Å². The molecule has 7 nitrogen and oxygen atoms in total. The lowest BCUT2D eigenvalue weighted by atomic mass is 10.1. The summed E-state index contributed by atoms with van der Waals surface area (Å²) < 4.78 is 5.38. The van der Waals surface area contributed by atoms with Crippen molar-refractivity contribution in [2.24, 2.45) is 0 Å². The number of aromatic nitrogens is 1. The Hall–Kier alpha value is -1.44. The topological polar surface area (TPSA) is 73.0 Å². The van der Waals surface area contributed by atoms with Gasteiger partial charge in [0, 0.05) is 50.9 Å². The molecule has 7 heteroatoms. The van der Waals surface area contributed by atoms with Crippen molar-refractivity contribution >= 4 is 5.91 Å². The van der Waals surface area contributed by atoms with Crippen molar-refractivity contribution in [2.45, 2.75) is 58.3 Å². The Labute approximate surface area is 149 Å². The standard InChI is InChI=1S/C18H30N4O3/c1-13(2)22-9-8-21(11-14(22)3)18(24)17-10-16(25-19-17)12-20-6-4-15(23)5-7-20/h10,13-15,23H,4-9,11-12H2,1-3H3/t14-/m0/s1. The SMILES string of the molecule is CC(C)N1CCN(C(=O)c2cc(CN3CCC(O)CC3)on2)C[C@@H]1C. The molecule has 1 amide bonds. The molecule has 0 spiro atoms. The molecule has 3 rings (SSSR count). The summed E-state index contributed by atoms with van der Waals surface area (Å²) >= 11 is 0. The van der Waals surface area contributed by atoms with E-state index in [4.69, 9.17) is 4.52 Å². The van der Waals surface area contributed by atoms with Crippen LogP contribution in [-0.2, 0) is 6.54 Å². The highest BCUT2D eigenvalue weighted by atomic mass is 16.5. The Bertz CT molecular complexity index is 581. The van der Waals surface area contributed by atoms with E-state index in [1.54, 1.807) is 6.07 Å². The Morgan fingerprint density at radius 1 is 1.32 bits per heavy atom. The monoisotopic (exact) mass is 350 g/mol. The molecule has 0 bridgehead atoms. The molecule has 0 radical (unpaired) electrons. The average Bonchev–Trinajstić information content (AvgIpc) is 3.04. The third-order valence-corrected chi connectivity index (χ3v) is 5.34. The second kappa shape index (κ2) is 7.85. The largest absolute Gasteiger partial charge is 0.393 e. The molecule has 3 heterocycles. The number of piperidine rings is 1. The fraction of sp³-hybridized carbons (Fsp3) is 0.778. The number of nitrogens with zero attached hydrogens (tertiary/aromatic N) is 4. The van der Waals surface area contributed by atoms with Crippen LogP contribution in [0.3, 0.4) is 0 Å². The molecular formula is C18H30N4O3. The highest BCUT2D eigenvalue weighted by Gasteiger charge is 2.30. The number of rotatable bonds is 4. The van der Waals surface area contributed by atoms with Gasteiger partial charge in [-0.15, -0.1) is 0 Å². The van der Waals surface area contributed by atoms with Crippen LogP contribution in [-0.4, -0.2) is 81.8 Å². The fourth-order valence-electron chi connectivity index (χ4n) is 3.87. The van der Waals surface area contributed by atoms with E-state index < -0.39 is 0 Å². The zero-order valence-corrected chi connectivity index (χ0v) is 15.5. The highest BCUT2D eigenvalue weighted by molar-refractivity contribution is 5.92. The Balaban J connectivity index is 1.56. The van der Waals surface area contributed by atoms with E-state index in [1.165, 1.54) is 0 Å². The van der Waals surface area contributed by atoms with E-state index in [9.17, 15) is 9.90 Å². The lowest BCUT2D eigenvalue weighted by Crippen LogP contribution is -2.55. The molecule has 0 unspecified atom stereocenters. The molecule has 0 aromatic carbocycles. The van der Waals surface area contributed by atoms with Crippen LogP contribution in [0, 0.1) is 0 Å². The zero-order chi connectivity index (χ0) is 18.0. The van der Waals surface area contributed by atoms with Gasteiger partial charge in [0.25, 0.3) is 5.91 Å². The second-order valence-corrected chi connectivity index (χ2v) is 7.62. The van der Waals surface area contributed by atoms with Crippen LogP contribution in [0.4, 0.5) is 0 Å². The predicted molar refractivity (Wildman–Crippen MR) is 94.2 cm³/mol. The number of carbonyl (C=O) groups is 1. The van der Waals surface area contributed by atoms with E-state index in [2.05, 4.69) is 35.7 Å². The minimum absolute atomic E-state index is 0.0423. The van der Waals surface area contributed by atoms with E-state index in [0.29, 0.717) is 30.1 Å². The molecule has 1 aromatic heterocycles. The predicted octanol–water partition coefficient (Wildman–Crippen LogP) is 1.19. The molecule has 0 aliphatic carbocycles. The highest BCUT2D eigenvalue weighted by Crippen LogP contribution is 2.17. The van der Waals surface area contributed by atoms with Crippen molar-refractivity contribution in [3.63, 3.8) is 0 Å². The van der Waals surface area contributed by atoms with Crippen molar-refractivity contribution in [1.29, 1.82) is 0 Å². The van der Waals surface area contributed by atoms with Gasteiger partial charge in [-0.1, -0.05) is 5.16 Å². The molecule has 1 aromatic rings. The average molecular weight is 350 g/mol. The van der Waals surface area contributed by atoms with Gasteiger partial charge in [0.15, 0.2) is 11.5 Å². The van der Waals surface area contributed by atoms with Crippen LogP contribution in [0.25, 0.3) is 0 Å². The van der Waals surface area contributed by atoms with Gasteiger partial charge >= 0.3 is 0 Å². The van der Waals surface area contributed by atoms with Crippen LogP contribution >= 0.6 is 0 Å². The van der Waals surface area contributed by atoms with Gasteiger partial charge in [-0.05, 0) is 33.6 Å². The van der Waals surface area contributed by atoms with E-state index in [-0.39, 0.29) is 12.0 Å². The summed E-state index contributed by atoms with van der Waals surface area (Å²) in [6.07, 6.45) is 1.39. The first-order chi connectivity index (χ1) is 11.9. The molecule has 1 atom stereocenters. The van der Waals surface area contributed by atoms with Gasteiger partial charge in [0.1, 0.15) is 0 Å². The van der Waals surface area contributed by atoms with Crippen LogP contribution in [0.15, 0.2) is 10.6 Å². The van der Waals surface area contributed by atoms with Crippen LogP contribution in [0.2, 0.25) is 0 Å². The number of piperazine rings is 1. The molecular weight excluding hydrogens is 320 g/mol. The van der Waals surface area contributed by atoms with Gasteiger partial charge < -0.3 is 14.5 Å². The Kier molecular flexibility index (Phi) is 5.76. The van der Waals surface area contributed by atoms with Crippen molar-refractivity contribution in [3.8, 4) is 0 Å². The molecule has 2 saturated heterocycles. The second-order valence-electron chi connectivity index (χ2n) is 7.62. The first-order valence-electron chi connectivity index (χ1n) is 9.35. The Morgan fingerprint density at radius 3 is 2.68 bits per heavy atom. The number of amides is 1. The normalized spacial score (nSPS) is 24.2. The third kappa shape index (κ3) is 4.40. The summed E-state index contributed by atoms with van der Waals surface area (Å²) in [6, 6.07) is 2.62. The first kappa shape index (κ1) is 18.4. The minimum Gasteiger partial charge on any atom is -0.393 e. The number of carbonyl (C=O) groups excluding carboxylic acids is 1. The van der Waals surface area contributed by atoms with E-state index in [0.717, 1.165) is 45.6 Å². The maximum Gasteiger partial charge on any atom is 0.276 e. The summed E-state index contributed by atoms with van der Waals surface area (Å²) in [5.41, 5.74) is 0.400. The molecule has 2 aliphatic heterocycles. The van der Waals surface area contributed by atoms with Crippen molar-refractivity contribution < 1.29 is 14.4 Å². The van der Waals surface area contributed by atoms with Crippen LogP contribution in [0.1, 0.15) is 49.9 Å². The van der Waals surface area contributed by atoms with E-state index >= 15 is 0 Å². The molecule has 1 N–H and O–H groups in total. The number of hydrogen-bond donors (Lipinski definition) is 1. The van der Waals surface area contributed by atoms with Gasteiger partial charge in [0.05, 0.1) is 12.6 Å². The summed E-state index contributed by atoms with van der Waals surface area (Å²) in [6.45, 7) is 11.2. The number of hydrogen-bond acceptors (Lipinski definition) is 6. The smallest absolute Gasteiger partial charge is 0.276 e. The fourth-order valence-corrected chi connectivity index (χ4v) is 3.87. The van der Waals surface area contributed by atoms with E-state index in [1.807, 2.05) is 4.90 Å². The molecule has 140 valence electrons. The van der Waals surface area contributed by atoms with Crippen molar-refractivity contribution in [2.75, 3.05) is 32.7 Å². The van der Waals surface area contributed by atoms with Crippen LogP contribution < -0.4 is 0 Å². The molecule has 0 saturated carbocycles. The first-order valence-corrected chi connectivity index (χ1v) is 9.35. The summed E-state index contributed by atoms with van der Waals surface area (Å²) in [7, 11) is 0. The summed E-state index contributed by atoms with van der Waals surface area (Å²) in [5, 5.41) is 13.6. The summed E-state index contributed by atoms with van der Waals surface area (Å²) in [4.78, 5) is 19.2. The lowest BCUT2D eigenvalue weighted by molar-refractivity contribution is 0.0418. The van der Waals surface area contributed by atoms with Crippen LogP contribution in [0.5, 0.6) is 0 Å². The van der Waals surface area contributed by atoms with Gasteiger partial charge in [-0.3, -0.25) is 14.6 Å². The minimum atomic E-state index is -0.186. The van der Waals surface area contributed by atoms with Gasteiger partial charge in [-0.2, -0.15) is 0 Å². The molecule has 2 aliphatic rings. The van der Waals surface area contributed by atoms with Gasteiger partial charge in [0.2, 0.25) is 0 Å². The summed E-state index contributed by atoms with van der Waals surface area (Å²) in [5.74, 6) is 0.674. The molecule has 2 fully saturated rings. The number of aliphatic hydroxyl groups excluding tert-OH is 1. The van der Waals surface area contributed by atoms with Crippen molar-refractivity contribution in [1.82, 2.24) is 19.9 Å².